The van der Waals surface area contributed by atoms with Crippen molar-refractivity contribution < 1.29 is 18.8 Å². The predicted molar refractivity (Wildman–Crippen MR) is 83.4 cm³/mol. The summed E-state index contributed by atoms with van der Waals surface area (Å²) in [6, 6.07) is 1.49. The van der Waals surface area contributed by atoms with E-state index in [1.807, 2.05) is 0 Å². The summed E-state index contributed by atoms with van der Waals surface area (Å²) in [5, 5.41) is 16.0. The van der Waals surface area contributed by atoms with Gasteiger partial charge in [-0.1, -0.05) is 25.9 Å². The first-order valence-corrected chi connectivity index (χ1v) is 7.63. The molecule has 0 bridgehead atoms. The lowest BCUT2D eigenvalue weighted by atomic mass is 9.88. The van der Waals surface area contributed by atoms with Crippen LogP contribution in [0.15, 0.2) is 27.5 Å². The second-order valence-corrected chi connectivity index (χ2v) is 6.74. The Kier molecular flexibility index (Phi) is 5.54. The number of nitrogens with one attached hydrogen (secondary N) is 1. The summed E-state index contributed by atoms with van der Waals surface area (Å²) >= 11 is 0. The SMILES string of the molecule is CC(C)(C)CC(CO)NC(=O)CCc1nc(-c2ccoc2)no1. The maximum atomic E-state index is 12.0. The lowest BCUT2D eigenvalue weighted by Crippen LogP contribution is -2.40. The van der Waals surface area contributed by atoms with E-state index in [0.717, 1.165) is 5.56 Å². The van der Waals surface area contributed by atoms with Crippen molar-refractivity contribution in [1.82, 2.24) is 15.5 Å². The van der Waals surface area contributed by atoms with Gasteiger partial charge in [0.05, 0.1) is 24.5 Å². The zero-order valence-electron chi connectivity index (χ0n) is 13.7. The van der Waals surface area contributed by atoms with Gasteiger partial charge in [0.15, 0.2) is 0 Å². The number of carbonyl (C=O) groups is 1. The lowest BCUT2D eigenvalue weighted by molar-refractivity contribution is -0.122. The fraction of sp³-hybridized carbons (Fsp3) is 0.562. The minimum absolute atomic E-state index is 0.0344. The molecule has 1 atom stereocenters. The Labute approximate surface area is 135 Å². The Morgan fingerprint density at radius 2 is 2.22 bits per heavy atom. The number of rotatable bonds is 7. The summed E-state index contributed by atoms with van der Waals surface area (Å²) < 4.78 is 10.1. The third kappa shape index (κ3) is 5.52. The molecule has 0 aliphatic heterocycles. The molecule has 0 saturated heterocycles. The van der Waals surface area contributed by atoms with E-state index in [0.29, 0.717) is 24.6 Å². The second-order valence-electron chi connectivity index (χ2n) is 6.74. The highest BCUT2D eigenvalue weighted by molar-refractivity contribution is 5.76. The van der Waals surface area contributed by atoms with Crippen LogP contribution in [-0.2, 0) is 11.2 Å². The number of nitrogens with zero attached hydrogens (tertiary/aromatic N) is 2. The van der Waals surface area contributed by atoms with Gasteiger partial charge in [0.2, 0.25) is 17.6 Å². The second kappa shape index (κ2) is 7.41. The van der Waals surface area contributed by atoms with E-state index in [-0.39, 0.29) is 30.4 Å². The molecule has 0 aliphatic carbocycles. The maximum Gasteiger partial charge on any atom is 0.227 e. The fourth-order valence-corrected chi connectivity index (χ4v) is 2.29. The number of aromatic nitrogens is 2. The molecule has 7 nitrogen and oxygen atoms in total. The molecule has 0 saturated carbocycles. The molecule has 1 amide bonds. The van der Waals surface area contributed by atoms with Crippen molar-refractivity contribution >= 4 is 5.91 Å². The van der Waals surface area contributed by atoms with Crippen LogP contribution in [0.1, 0.15) is 39.5 Å². The summed E-state index contributed by atoms with van der Waals surface area (Å²) in [5.41, 5.74) is 0.766. The van der Waals surface area contributed by atoms with E-state index in [9.17, 15) is 9.90 Å². The van der Waals surface area contributed by atoms with Crippen LogP contribution in [0.3, 0.4) is 0 Å². The predicted octanol–water partition coefficient (Wildman–Crippen LogP) is 2.18. The Bertz CT molecular complexity index is 614. The first-order valence-electron chi connectivity index (χ1n) is 7.63. The molecule has 23 heavy (non-hydrogen) atoms. The summed E-state index contributed by atoms with van der Waals surface area (Å²) in [5.74, 6) is 0.694. The molecule has 2 heterocycles. The van der Waals surface area contributed by atoms with Crippen LogP contribution in [0.2, 0.25) is 0 Å². The average molecular weight is 321 g/mol. The molecule has 0 radical (unpaired) electrons. The van der Waals surface area contributed by atoms with E-state index in [4.69, 9.17) is 8.94 Å². The molecule has 2 rings (SSSR count). The standard InChI is InChI=1S/C16H23N3O4/c1-16(2,3)8-12(9-20)17-13(21)4-5-14-18-15(19-23-14)11-6-7-22-10-11/h6-7,10,12,20H,4-5,8-9H2,1-3H3,(H,17,21). The van der Waals surface area contributed by atoms with Crippen LogP contribution in [0.25, 0.3) is 11.4 Å². The van der Waals surface area contributed by atoms with E-state index >= 15 is 0 Å². The van der Waals surface area contributed by atoms with Crippen LogP contribution in [0.4, 0.5) is 0 Å². The number of aliphatic hydroxyl groups excluding tert-OH is 1. The molecule has 2 N–H and O–H groups in total. The molecule has 1 unspecified atom stereocenters. The van der Waals surface area contributed by atoms with E-state index in [1.165, 1.54) is 12.5 Å². The average Bonchev–Trinajstić information content (AvgIpc) is 3.13. The molecule has 7 heteroatoms. The largest absolute Gasteiger partial charge is 0.472 e. The van der Waals surface area contributed by atoms with Gasteiger partial charge in [0.25, 0.3) is 0 Å². The minimum atomic E-state index is -0.244. The van der Waals surface area contributed by atoms with Gasteiger partial charge in [-0.2, -0.15) is 4.98 Å². The molecule has 2 aromatic heterocycles. The zero-order valence-corrected chi connectivity index (χ0v) is 13.7. The molecule has 0 aromatic carbocycles. The van der Waals surface area contributed by atoms with E-state index in [2.05, 4.69) is 36.2 Å². The number of aryl methyl sites for hydroxylation is 1. The van der Waals surface area contributed by atoms with Gasteiger partial charge in [0, 0.05) is 12.8 Å². The monoisotopic (exact) mass is 321 g/mol. The molecule has 0 spiro atoms. The van der Waals surface area contributed by atoms with Crippen molar-refractivity contribution in [3.63, 3.8) is 0 Å². The van der Waals surface area contributed by atoms with Crippen molar-refractivity contribution in [3.8, 4) is 11.4 Å². The minimum Gasteiger partial charge on any atom is -0.472 e. The highest BCUT2D eigenvalue weighted by atomic mass is 16.5. The number of furan rings is 1. The smallest absolute Gasteiger partial charge is 0.227 e. The highest BCUT2D eigenvalue weighted by Gasteiger charge is 2.20. The van der Waals surface area contributed by atoms with Crippen molar-refractivity contribution in [2.75, 3.05) is 6.61 Å². The third-order valence-corrected chi connectivity index (χ3v) is 3.26. The van der Waals surface area contributed by atoms with Gasteiger partial charge >= 0.3 is 0 Å². The van der Waals surface area contributed by atoms with Gasteiger partial charge in [0.1, 0.15) is 6.26 Å². The van der Waals surface area contributed by atoms with Crippen molar-refractivity contribution in [1.29, 1.82) is 0 Å². The number of aliphatic hydroxyl groups is 1. The fourth-order valence-electron chi connectivity index (χ4n) is 2.29. The number of carbonyl (C=O) groups excluding carboxylic acids is 1. The van der Waals surface area contributed by atoms with Gasteiger partial charge in [-0.3, -0.25) is 4.79 Å². The van der Waals surface area contributed by atoms with Crippen molar-refractivity contribution in [3.05, 3.63) is 24.5 Å². The topological polar surface area (TPSA) is 101 Å². The van der Waals surface area contributed by atoms with E-state index < -0.39 is 0 Å². The molecular weight excluding hydrogens is 298 g/mol. The highest BCUT2D eigenvalue weighted by Crippen LogP contribution is 2.20. The molecule has 0 fully saturated rings. The summed E-state index contributed by atoms with van der Waals surface area (Å²) in [6.45, 7) is 6.13. The molecule has 126 valence electrons. The van der Waals surface area contributed by atoms with Gasteiger partial charge in [-0.05, 0) is 17.9 Å². The maximum absolute atomic E-state index is 12.0. The first-order chi connectivity index (χ1) is 10.9. The third-order valence-electron chi connectivity index (χ3n) is 3.26. The molecular formula is C16H23N3O4. The summed E-state index contributed by atoms with van der Waals surface area (Å²) in [4.78, 5) is 16.2. The van der Waals surface area contributed by atoms with E-state index in [1.54, 1.807) is 6.07 Å². The van der Waals surface area contributed by atoms with Crippen LogP contribution in [-0.4, -0.2) is 33.8 Å². The van der Waals surface area contributed by atoms with Crippen LogP contribution in [0, 0.1) is 5.41 Å². The first kappa shape index (κ1) is 17.2. The van der Waals surface area contributed by atoms with Crippen molar-refractivity contribution in [2.45, 2.75) is 46.1 Å². The Morgan fingerprint density at radius 1 is 1.43 bits per heavy atom. The quantitative estimate of drug-likeness (QED) is 0.810. The zero-order chi connectivity index (χ0) is 16.9. The summed E-state index contributed by atoms with van der Waals surface area (Å²) in [6.07, 6.45) is 4.35. The van der Waals surface area contributed by atoms with Gasteiger partial charge < -0.3 is 19.4 Å². The van der Waals surface area contributed by atoms with Crippen LogP contribution < -0.4 is 5.32 Å². The number of hydrogen-bond donors (Lipinski definition) is 2. The number of hydrogen-bond acceptors (Lipinski definition) is 6. The Hall–Kier alpha value is -2.15. The number of amides is 1. The Morgan fingerprint density at radius 3 is 2.83 bits per heavy atom. The van der Waals surface area contributed by atoms with Crippen LogP contribution in [0.5, 0.6) is 0 Å². The van der Waals surface area contributed by atoms with Crippen LogP contribution >= 0.6 is 0 Å². The van der Waals surface area contributed by atoms with Crippen molar-refractivity contribution in [2.24, 2.45) is 5.41 Å². The van der Waals surface area contributed by atoms with Gasteiger partial charge in [-0.15, -0.1) is 0 Å². The lowest BCUT2D eigenvalue weighted by Gasteiger charge is -2.25. The summed E-state index contributed by atoms with van der Waals surface area (Å²) in [7, 11) is 0. The normalized spacial score (nSPS) is 13.0. The molecule has 0 aliphatic rings. The molecule has 2 aromatic rings. The van der Waals surface area contributed by atoms with Gasteiger partial charge in [-0.25, -0.2) is 0 Å². The Balaban J connectivity index is 1.82.